The monoisotopic (exact) mass is 327 g/mol. The lowest BCUT2D eigenvalue weighted by molar-refractivity contribution is 0.274. The van der Waals surface area contributed by atoms with Gasteiger partial charge in [-0.3, -0.25) is 0 Å². The molecule has 106 valence electrons. The highest BCUT2D eigenvalue weighted by Crippen LogP contribution is 2.31. The van der Waals surface area contributed by atoms with Crippen molar-refractivity contribution in [1.29, 1.82) is 0 Å². The summed E-state index contributed by atoms with van der Waals surface area (Å²) in [6.45, 7) is 8.44. The van der Waals surface area contributed by atoms with Gasteiger partial charge in [0.2, 0.25) is 0 Å². The molecule has 1 aromatic heterocycles. The summed E-state index contributed by atoms with van der Waals surface area (Å²) in [5, 5.41) is 3.33. The first-order valence-electron chi connectivity index (χ1n) is 6.83. The van der Waals surface area contributed by atoms with Crippen LogP contribution in [0, 0.1) is 0 Å². The minimum absolute atomic E-state index is 0.462. The summed E-state index contributed by atoms with van der Waals surface area (Å²) in [5.74, 6) is 1.88. The van der Waals surface area contributed by atoms with E-state index in [1.54, 1.807) is 6.33 Å². The smallest absolute Gasteiger partial charge is 0.148 e. The first kappa shape index (κ1) is 14.5. The third-order valence-electron chi connectivity index (χ3n) is 3.42. The second-order valence-electron chi connectivity index (χ2n) is 5.09. The third-order valence-corrected chi connectivity index (χ3v) is 4.15. The van der Waals surface area contributed by atoms with Crippen molar-refractivity contribution >= 4 is 27.6 Å². The van der Waals surface area contributed by atoms with Gasteiger partial charge in [-0.1, -0.05) is 6.92 Å². The van der Waals surface area contributed by atoms with Crippen molar-refractivity contribution in [1.82, 2.24) is 14.9 Å². The molecule has 2 heterocycles. The molecule has 5 nitrogen and oxygen atoms in total. The Balaban J connectivity index is 2.19. The normalized spacial score (nSPS) is 20.6. The highest BCUT2D eigenvalue weighted by molar-refractivity contribution is 9.10. The minimum atomic E-state index is 0.462. The molecule has 6 heteroatoms. The molecule has 19 heavy (non-hydrogen) atoms. The van der Waals surface area contributed by atoms with Crippen molar-refractivity contribution in [3.63, 3.8) is 0 Å². The van der Waals surface area contributed by atoms with E-state index < -0.39 is 0 Å². The number of nitrogens with one attached hydrogen (secondary N) is 1. The summed E-state index contributed by atoms with van der Waals surface area (Å²) in [7, 11) is 2.16. The third kappa shape index (κ3) is 3.36. The molecule has 1 unspecified atom stereocenters. The Labute approximate surface area is 123 Å². The van der Waals surface area contributed by atoms with Crippen molar-refractivity contribution in [3.05, 3.63) is 10.8 Å². The van der Waals surface area contributed by atoms with Crippen LogP contribution in [0.25, 0.3) is 0 Å². The van der Waals surface area contributed by atoms with Gasteiger partial charge in [0.05, 0.1) is 0 Å². The van der Waals surface area contributed by atoms with Gasteiger partial charge in [0.1, 0.15) is 22.4 Å². The van der Waals surface area contributed by atoms with Gasteiger partial charge in [0.25, 0.3) is 0 Å². The van der Waals surface area contributed by atoms with E-state index in [2.05, 4.69) is 61.9 Å². The molecule has 2 rings (SSSR count). The SMILES string of the molecule is CCCNc1ncnc(N2CCN(C)CC2C)c1Br. The van der Waals surface area contributed by atoms with E-state index >= 15 is 0 Å². The fourth-order valence-electron chi connectivity index (χ4n) is 2.38. The molecule has 1 fully saturated rings. The standard InChI is InChI=1S/C13H22BrN5/c1-4-5-15-12-11(14)13(17-9-16-12)19-7-6-18(3)8-10(19)2/h9-10H,4-8H2,1-3H3,(H,15,16,17). The van der Waals surface area contributed by atoms with Crippen LogP contribution in [-0.2, 0) is 0 Å². The van der Waals surface area contributed by atoms with Crippen molar-refractivity contribution in [2.75, 3.05) is 43.4 Å². The maximum absolute atomic E-state index is 4.46. The topological polar surface area (TPSA) is 44.3 Å². The zero-order chi connectivity index (χ0) is 13.8. The Hall–Kier alpha value is -0.880. The van der Waals surface area contributed by atoms with Crippen LogP contribution in [0.5, 0.6) is 0 Å². The molecule has 0 bridgehead atoms. The number of nitrogens with zero attached hydrogens (tertiary/aromatic N) is 4. The fourth-order valence-corrected chi connectivity index (χ4v) is 2.95. The van der Waals surface area contributed by atoms with E-state index in [0.29, 0.717) is 6.04 Å². The molecule has 1 aromatic rings. The molecule has 1 saturated heterocycles. The predicted octanol–water partition coefficient (Wildman–Crippen LogP) is 2.20. The molecule has 1 aliphatic rings. The maximum atomic E-state index is 4.46. The number of anilines is 2. The Morgan fingerprint density at radius 3 is 2.89 bits per heavy atom. The van der Waals surface area contributed by atoms with Crippen LogP contribution in [-0.4, -0.2) is 54.1 Å². The summed E-state index contributed by atoms with van der Waals surface area (Å²) in [6.07, 6.45) is 2.72. The van der Waals surface area contributed by atoms with Crippen LogP contribution < -0.4 is 10.2 Å². The zero-order valence-electron chi connectivity index (χ0n) is 11.9. The second-order valence-corrected chi connectivity index (χ2v) is 5.88. The summed E-state index contributed by atoms with van der Waals surface area (Å²) >= 11 is 3.65. The van der Waals surface area contributed by atoms with Crippen LogP contribution in [0.1, 0.15) is 20.3 Å². The number of likely N-dealkylation sites (N-methyl/N-ethyl adjacent to an activating group) is 1. The molecule has 0 saturated carbocycles. The maximum Gasteiger partial charge on any atom is 0.148 e. The molecule has 1 aliphatic heterocycles. The average Bonchev–Trinajstić information content (AvgIpc) is 2.38. The van der Waals surface area contributed by atoms with E-state index in [9.17, 15) is 0 Å². The van der Waals surface area contributed by atoms with E-state index in [4.69, 9.17) is 0 Å². The Morgan fingerprint density at radius 1 is 1.42 bits per heavy atom. The highest BCUT2D eigenvalue weighted by atomic mass is 79.9. The molecular formula is C13H22BrN5. The van der Waals surface area contributed by atoms with Crippen molar-refractivity contribution in [2.45, 2.75) is 26.3 Å². The van der Waals surface area contributed by atoms with Crippen molar-refractivity contribution in [2.24, 2.45) is 0 Å². The molecular weight excluding hydrogens is 306 g/mol. The van der Waals surface area contributed by atoms with E-state index in [1.165, 1.54) is 0 Å². The van der Waals surface area contributed by atoms with Gasteiger partial charge < -0.3 is 15.1 Å². The summed E-state index contributed by atoms with van der Waals surface area (Å²) in [6, 6.07) is 0.462. The quantitative estimate of drug-likeness (QED) is 0.918. The predicted molar refractivity (Wildman–Crippen MR) is 82.8 cm³/mol. The molecule has 1 atom stereocenters. The van der Waals surface area contributed by atoms with Gasteiger partial charge in [-0.2, -0.15) is 0 Å². The molecule has 0 aromatic carbocycles. The zero-order valence-corrected chi connectivity index (χ0v) is 13.4. The number of aromatic nitrogens is 2. The van der Waals surface area contributed by atoms with Crippen molar-refractivity contribution in [3.8, 4) is 0 Å². The number of hydrogen-bond acceptors (Lipinski definition) is 5. The van der Waals surface area contributed by atoms with E-state index in [-0.39, 0.29) is 0 Å². The summed E-state index contributed by atoms with van der Waals surface area (Å²) < 4.78 is 0.972. The molecule has 0 amide bonds. The first-order chi connectivity index (χ1) is 9.13. The van der Waals surface area contributed by atoms with Crippen LogP contribution in [0.4, 0.5) is 11.6 Å². The summed E-state index contributed by atoms with van der Waals surface area (Å²) in [4.78, 5) is 13.5. The largest absolute Gasteiger partial charge is 0.369 e. The average molecular weight is 328 g/mol. The Morgan fingerprint density at radius 2 is 2.21 bits per heavy atom. The minimum Gasteiger partial charge on any atom is -0.369 e. The van der Waals surface area contributed by atoms with Gasteiger partial charge in [-0.05, 0) is 36.3 Å². The number of halogens is 1. The molecule has 0 spiro atoms. The number of rotatable bonds is 4. The molecule has 0 radical (unpaired) electrons. The van der Waals surface area contributed by atoms with Crippen LogP contribution in [0.3, 0.4) is 0 Å². The number of hydrogen-bond donors (Lipinski definition) is 1. The lowest BCUT2D eigenvalue weighted by Crippen LogP contribution is -2.51. The highest BCUT2D eigenvalue weighted by Gasteiger charge is 2.25. The van der Waals surface area contributed by atoms with Gasteiger partial charge in [0, 0.05) is 32.2 Å². The summed E-state index contributed by atoms with van der Waals surface area (Å²) in [5.41, 5.74) is 0. The lowest BCUT2D eigenvalue weighted by Gasteiger charge is -2.39. The number of piperazine rings is 1. The Kier molecular flexibility index (Phi) is 4.99. The van der Waals surface area contributed by atoms with E-state index in [0.717, 1.165) is 48.7 Å². The van der Waals surface area contributed by atoms with E-state index in [1.807, 2.05) is 0 Å². The van der Waals surface area contributed by atoms with Gasteiger partial charge in [0.15, 0.2) is 0 Å². The van der Waals surface area contributed by atoms with Crippen LogP contribution >= 0.6 is 15.9 Å². The van der Waals surface area contributed by atoms with Crippen molar-refractivity contribution < 1.29 is 0 Å². The van der Waals surface area contributed by atoms with Gasteiger partial charge in [-0.15, -0.1) is 0 Å². The second kappa shape index (κ2) is 6.52. The molecule has 1 N–H and O–H groups in total. The Bertz CT molecular complexity index is 425. The van der Waals surface area contributed by atoms with Crippen LogP contribution in [0.2, 0.25) is 0 Å². The van der Waals surface area contributed by atoms with Crippen LogP contribution in [0.15, 0.2) is 10.8 Å². The van der Waals surface area contributed by atoms with Gasteiger partial charge in [-0.25, -0.2) is 9.97 Å². The van der Waals surface area contributed by atoms with Gasteiger partial charge >= 0.3 is 0 Å². The first-order valence-corrected chi connectivity index (χ1v) is 7.62. The fraction of sp³-hybridized carbons (Fsp3) is 0.692. The molecule has 0 aliphatic carbocycles. The lowest BCUT2D eigenvalue weighted by atomic mass is 10.2.